The number of ether oxygens (including phenoxy) is 2. The molecule has 25 heavy (non-hydrogen) atoms. The number of rotatable bonds is 5. The predicted octanol–water partition coefficient (Wildman–Crippen LogP) is 0.990. The van der Waals surface area contributed by atoms with Gasteiger partial charge < -0.3 is 15.2 Å². The van der Waals surface area contributed by atoms with Crippen molar-refractivity contribution in [1.82, 2.24) is 4.31 Å². The van der Waals surface area contributed by atoms with E-state index >= 15 is 0 Å². The number of nitrogens with two attached hydrogens (primary N) is 1. The Hall–Kier alpha value is -1.48. The molecule has 3 unspecified atom stereocenters. The lowest BCUT2D eigenvalue weighted by Crippen LogP contribution is -2.53. The normalized spacial score (nSPS) is 28.1. The van der Waals surface area contributed by atoms with Gasteiger partial charge in [-0.25, -0.2) is 8.42 Å². The van der Waals surface area contributed by atoms with E-state index in [1.54, 1.807) is 7.11 Å². The van der Waals surface area contributed by atoms with Crippen LogP contribution in [0.25, 0.3) is 0 Å². The third kappa shape index (κ3) is 3.57. The second-order valence-corrected chi connectivity index (χ2v) is 8.41. The van der Waals surface area contributed by atoms with Crippen LogP contribution in [0.3, 0.4) is 0 Å². The molecule has 0 spiro atoms. The van der Waals surface area contributed by atoms with E-state index in [1.807, 2.05) is 0 Å². The second kappa shape index (κ2) is 7.41. The standard InChI is InChI=1S/C17H24N2O5S/c1-23-16-4-2-3-14(16)15-11-24-10-9-19(15)25(21,22)13-7-5-12(6-8-13)17(18)20/h5-8,14-16H,2-4,9-11H2,1H3,(H2,18,20). The lowest BCUT2D eigenvalue weighted by Gasteiger charge is -2.39. The number of benzene rings is 1. The van der Waals surface area contributed by atoms with Crippen molar-refractivity contribution in [1.29, 1.82) is 0 Å². The van der Waals surface area contributed by atoms with Gasteiger partial charge in [0.1, 0.15) is 0 Å². The van der Waals surface area contributed by atoms with Gasteiger partial charge in [0, 0.05) is 25.1 Å². The zero-order valence-electron chi connectivity index (χ0n) is 14.3. The molecule has 2 aliphatic rings. The zero-order chi connectivity index (χ0) is 18.0. The zero-order valence-corrected chi connectivity index (χ0v) is 15.1. The van der Waals surface area contributed by atoms with Gasteiger partial charge >= 0.3 is 0 Å². The Labute approximate surface area is 148 Å². The highest BCUT2D eigenvalue weighted by molar-refractivity contribution is 7.89. The van der Waals surface area contributed by atoms with Gasteiger partial charge in [0.25, 0.3) is 0 Å². The molecule has 138 valence electrons. The molecule has 0 aromatic heterocycles. The van der Waals surface area contributed by atoms with Crippen LogP contribution in [0.2, 0.25) is 0 Å². The fourth-order valence-electron chi connectivity index (χ4n) is 3.86. The summed E-state index contributed by atoms with van der Waals surface area (Å²) >= 11 is 0. The topological polar surface area (TPSA) is 98.9 Å². The minimum atomic E-state index is -3.68. The first-order valence-corrected chi connectivity index (χ1v) is 9.91. The molecule has 1 amide bonds. The van der Waals surface area contributed by atoms with Crippen molar-refractivity contribution < 1.29 is 22.7 Å². The first kappa shape index (κ1) is 18.3. The maximum atomic E-state index is 13.1. The van der Waals surface area contributed by atoms with E-state index in [0.717, 1.165) is 19.3 Å². The van der Waals surface area contributed by atoms with E-state index in [9.17, 15) is 13.2 Å². The van der Waals surface area contributed by atoms with Crippen molar-refractivity contribution in [3.05, 3.63) is 29.8 Å². The van der Waals surface area contributed by atoms with E-state index in [-0.39, 0.29) is 28.5 Å². The predicted molar refractivity (Wildman–Crippen MR) is 91.6 cm³/mol. The van der Waals surface area contributed by atoms with Gasteiger partial charge in [-0.1, -0.05) is 6.42 Å². The molecule has 7 nitrogen and oxygen atoms in total. The third-order valence-electron chi connectivity index (χ3n) is 5.16. The minimum Gasteiger partial charge on any atom is -0.381 e. The lowest BCUT2D eigenvalue weighted by atomic mass is 9.96. The number of morpholine rings is 1. The van der Waals surface area contributed by atoms with E-state index in [4.69, 9.17) is 15.2 Å². The van der Waals surface area contributed by atoms with Crippen LogP contribution in [-0.2, 0) is 19.5 Å². The van der Waals surface area contributed by atoms with Gasteiger partial charge in [0.2, 0.25) is 15.9 Å². The summed E-state index contributed by atoms with van der Waals surface area (Å²) in [5, 5.41) is 0. The van der Waals surface area contributed by atoms with Crippen molar-refractivity contribution in [2.75, 3.05) is 26.9 Å². The average Bonchev–Trinajstić information content (AvgIpc) is 3.10. The molecule has 1 saturated heterocycles. The fraction of sp³-hybridized carbons (Fsp3) is 0.588. The summed E-state index contributed by atoms with van der Waals surface area (Å²) in [7, 11) is -2.00. The number of nitrogens with zero attached hydrogens (tertiary/aromatic N) is 1. The summed E-state index contributed by atoms with van der Waals surface area (Å²) in [6.45, 7) is 1.07. The maximum absolute atomic E-state index is 13.1. The van der Waals surface area contributed by atoms with E-state index in [0.29, 0.717) is 19.8 Å². The van der Waals surface area contributed by atoms with Gasteiger partial charge in [-0.05, 0) is 37.1 Å². The molecule has 1 aliphatic carbocycles. The van der Waals surface area contributed by atoms with Crippen LogP contribution >= 0.6 is 0 Å². The summed E-state index contributed by atoms with van der Waals surface area (Å²) in [5.74, 6) is -0.452. The average molecular weight is 368 g/mol. The van der Waals surface area contributed by atoms with Gasteiger partial charge in [0.15, 0.2) is 0 Å². The van der Waals surface area contributed by atoms with Crippen molar-refractivity contribution >= 4 is 15.9 Å². The van der Waals surface area contributed by atoms with Crippen LogP contribution in [0.1, 0.15) is 29.6 Å². The number of carbonyl (C=O) groups is 1. The second-order valence-electron chi connectivity index (χ2n) is 6.52. The van der Waals surface area contributed by atoms with Crippen molar-refractivity contribution in [2.45, 2.75) is 36.3 Å². The Bertz CT molecular complexity index is 719. The molecule has 0 radical (unpaired) electrons. The molecule has 1 aliphatic heterocycles. The fourth-order valence-corrected chi connectivity index (χ4v) is 5.50. The van der Waals surface area contributed by atoms with Gasteiger partial charge in [-0.2, -0.15) is 4.31 Å². The van der Waals surface area contributed by atoms with E-state index in [1.165, 1.54) is 28.6 Å². The molecular weight excluding hydrogens is 344 g/mol. The monoisotopic (exact) mass is 368 g/mol. The Morgan fingerprint density at radius 2 is 2.00 bits per heavy atom. The molecule has 3 rings (SSSR count). The largest absolute Gasteiger partial charge is 0.381 e. The van der Waals surface area contributed by atoms with Gasteiger partial charge in [-0.15, -0.1) is 0 Å². The molecule has 1 heterocycles. The maximum Gasteiger partial charge on any atom is 0.248 e. The molecular formula is C17H24N2O5S. The van der Waals surface area contributed by atoms with Crippen LogP contribution in [-0.4, -0.2) is 57.6 Å². The van der Waals surface area contributed by atoms with Crippen molar-refractivity contribution in [3.8, 4) is 0 Å². The smallest absolute Gasteiger partial charge is 0.248 e. The quantitative estimate of drug-likeness (QED) is 0.836. The first-order chi connectivity index (χ1) is 11.9. The summed E-state index contributed by atoms with van der Waals surface area (Å²) in [6, 6.07) is 5.52. The van der Waals surface area contributed by atoms with E-state index < -0.39 is 15.9 Å². The summed E-state index contributed by atoms with van der Waals surface area (Å²) in [5.41, 5.74) is 5.51. The molecule has 2 fully saturated rings. The van der Waals surface area contributed by atoms with Crippen molar-refractivity contribution in [2.24, 2.45) is 11.7 Å². The highest BCUT2D eigenvalue weighted by Crippen LogP contribution is 2.36. The number of methoxy groups -OCH3 is 1. The molecule has 0 bridgehead atoms. The Balaban J connectivity index is 1.89. The van der Waals surface area contributed by atoms with Crippen LogP contribution in [0, 0.1) is 5.92 Å². The van der Waals surface area contributed by atoms with Crippen LogP contribution in [0.15, 0.2) is 29.2 Å². The molecule has 1 aromatic rings. The number of sulfonamides is 1. The van der Waals surface area contributed by atoms with Gasteiger partial charge in [-0.3, -0.25) is 4.79 Å². The highest BCUT2D eigenvalue weighted by atomic mass is 32.2. The van der Waals surface area contributed by atoms with Crippen molar-refractivity contribution in [3.63, 3.8) is 0 Å². The number of amides is 1. The molecule has 8 heteroatoms. The number of hydrogen-bond acceptors (Lipinski definition) is 5. The summed E-state index contributed by atoms with van der Waals surface area (Å²) in [4.78, 5) is 11.4. The molecule has 1 aromatic carbocycles. The SMILES string of the molecule is COC1CCCC1C1COCCN1S(=O)(=O)c1ccc(C(N)=O)cc1. The number of primary amides is 1. The number of hydrogen-bond donors (Lipinski definition) is 1. The van der Waals surface area contributed by atoms with Crippen LogP contribution in [0.5, 0.6) is 0 Å². The van der Waals surface area contributed by atoms with Crippen LogP contribution < -0.4 is 5.73 Å². The Morgan fingerprint density at radius 3 is 2.64 bits per heavy atom. The Kier molecular flexibility index (Phi) is 5.43. The van der Waals surface area contributed by atoms with Crippen LogP contribution in [0.4, 0.5) is 0 Å². The third-order valence-corrected chi connectivity index (χ3v) is 7.10. The highest BCUT2D eigenvalue weighted by Gasteiger charge is 2.43. The minimum absolute atomic E-state index is 0.0571. The molecule has 1 saturated carbocycles. The Morgan fingerprint density at radius 1 is 1.28 bits per heavy atom. The first-order valence-electron chi connectivity index (χ1n) is 8.47. The number of carbonyl (C=O) groups excluding carboxylic acids is 1. The lowest BCUT2D eigenvalue weighted by molar-refractivity contribution is -0.0260. The molecule has 2 N–H and O–H groups in total. The molecule has 3 atom stereocenters. The summed E-state index contributed by atoms with van der Waals surface area (Å²) < 4.78 is 39.0. The summed E-state index contributed by atoms with van der Waals surface area (Å²) in [6.07, 6.45) is 2.96. The van der Waals surface area contributed by atoms with E-state index in [2.05, 4.69) is 0 Å². The van der Waals surface area contributed by atoms with Gasteiger partial charge in [0.05, 0.1) is 30.3 Å².